The Morgan fingerprint density at radius 3 is 2.65 bits per heavy atom. The van der Waals surface area contributed by atoms with Gasteiger partial charge in [0, 0.05) is 18.1 Å². The van der Waals surface area contributed by atoms with Crippen molar-refractivity contribution < 1.29 is 4.52 Å². The van der Waals surface area contributed by atoms with Gasteiger partial charge in [0.2, 0.25) is 0 Å². The summed E-state index contributed by atoms with van der Waals surface area (Å²) in [6.07, 6.45) is 3.54. The van der Waals surface area contributed by atoms with E-state index in [0.717, 1.165) is 25.9 Å². The molecule has 1 fully saturated rings. The predicted molar refractivity (Wildman–Crippen MR) is 80.2 cm³/mol. The molecule has 0 radical (unpaired) electrons. The van der Waals surface area contributed by atoms with E-state index in [2.05, 4.69) is 15.0 Å². The van der Waals surface area contributed by atoms with Crippen molar-refractivity contribution in [2.45, 2.75) is 19.3 Å². The van der Waals surface area contributed by atoms with Crippen LogP contribution in [0.25, 0.3) is 11.5 Å². The third-order valence-corrected chi connectivity index (χ3v) is 3.91. The lowest BCUT2D eigenvalue weighted by molar-refractivity contribution is 0.426. The number of aromatic nitrogens is 2. The second-order valence-electron chi connectivity index (χ2n) is 4.80. The van der Waals surface area contributed by atoms with E-state index >= 15 is 0 Å². The smallest absolute Gasteiger partial charge is 0.266 e. The Hall–Kier alpha value is -1.46. The lowest BCUT2D eigenvalue weighted by Gasteiger charge is -2.24. The maximum Gasteiger partial charge on any atom is 0.266 e. The van der Waals surface area contributed by atoms with Crippen LogP contribution in [-0.2, 0) is 0 Å². The van der Waals surface area contributed by atoms with Crippen LogP contribution in [0.4, 0.5) is 11.6 Å². The fraction of sp³-hybridized carbons (Fsp3) is 0.385. The summed E-state index contributed by atoms with van der Waals surface area (Å²) in [5, 5.41) is 4.88. The van der Waals surface area contributed by atoms with Crippen molar-refractivity contribution in [2.75, 3.05) is 23.7 Å². The second kappa shape index (κ2) is 5.50. The first-order valence-electron chi connectivity index (χ1n) is 6.48. The molecule has 0 spiro atoms. The molecular formula is C13H14Cl2N4O. The van der Waals surface area contributed by atoms with Gasteiger partial charge in [-0.1, -0.05) is 23.2 Å². The molecule has 3 rings (SSSR count). The number of hydrogen-bond donors (Lipinski definition) is 1. The summed E-state index contributed by atoms with van der Waals surface area (Å²) in [4.78, 5) is 6.51. The molecule has 1 saturated heterocycles. The minimum atomic E-state index is 0.340. The Labute approximate surface area is 126 Å². The summed E-state index contributed by atoms with van der Waals surface area (Å²) in [6, 6.07) is 3.26. The number of halogens is 2. The minimum absolute atomic E-state index is 0.340. The van der Waals surface area contributed by atoms with Crippen molar-refractivity contribution in [2.24, 2.45) is 0 Å². The molecular weight excluding hydrogens is 299 g/mol. The van der Waals surface area contributed by atoms with Crippen molar-refractivity contribution in [3.05, 3.63) is 22.2 Å². The van der Waals surface area contributed by atoms with Gasteiger partial charge >= 0.3 is 0 Å². The zero-order chi connectivity index (χ0) is 14.1. The Kier molecular flexibility index (Phi) is 3.72. The number of hydrogen-bond acceptors (Lipinski definition) is 5. The largest absolute Gasteiger partial charge is 0.397 e. The summed E-state index contributed by atoms with van der Waals surface area (Å²) in [5.41, 5.74) is 6.90. The summed E-state index contributed by atoms with van der Waals surface area (Å²) in [7, 11) is 0. The SMILES string of the molecule is Nc1c(Cl)cc(Cl)cc1-c1nc(N2CCCCC2)no1. The highest BCUT2D eigenvalue weighted by atomic mass is 35.5. The zero-order valence-corrected chi connectivity index (χ0v) is 12.3. The molecule has 0 saturated carbocycles. The molecule has 106 valence electrons. The monoisotopic (exact) mass is 312 g/mol. The molecule has 7 heteroatoms. The molecule has 0 amide bonds. The Balaban J connectivity index is 1.93. The van der Waals surface area contributed by atoms with Gasteiger partial charge in [0.05, 0.1) is 16.3 Å². The Morgan fingerprint density at radius 1 is 1.15 bits per heavy atom. The van der Waals surface area contributed by atoms with Crippen LogP contribution in [0.15, 0.2) is 16.7 Å². The highest BCUT2D eigenvalue weighted by Crippen LogP contribution is 2.34. The number of nitrogens with two attached hydrogens (primary N) is 1. The standard InChI is InChI=1S/C13H14Cl2N4O/c14-8-6-9(11(16)10(15)7-8)12-17-13(18-20-12)19-4-2-1-3-5-19/h6-7H,1-5,16H2. The van der Waals surface area contributed by atoms with E-state index < -0.39 is 0 Å². The fourth-order valence-corrected chi connectivity index (χ4v) is 2.80. The third kappa shape index (κ3) is 2.55. The second-order valence-corrected chi connectivity index (χ2v) is 5.64. The van der Waals surface area contributed by atoms with Gasteiger partial charge < -0.3 is 15.2 Å². The van der Waals surface area contributed by atoms with Gasteiger partial charge in [-0.15, -0.1) is 0 Å². The van der Waals surface area contributed by atoms with Crippen LogP contribution in [0.3, 0.4) is 0 Å². The van der Waals surface area contributed by atoms with Crippen molar-refractivity contribution in [3.63, 3.8) is 0 Å². The van der Waals surface area contributed by atoms with E-state index in [0.29, 0.717) is 33.1 Å². The Morgan fingerprint density at radius 2 is 1.90 bits per heavy atom. The van der Waals surface area contributed by atoms with Gasteiger partial charge in [0.15, 0.2) is 0 Å². The number of nitrogen functional groups attached to an aromatic ring is 1. The molecule has 0 unspecified atom stereocenters. The van der Waals surface area contributed by atoms with Crippen molar-refractivity contribution in [1.82, 2.24) is 10.1 Å². The van der Waals surface area contributed by atoms with Gasteiger partial charge in [-0.25, -0.2) is 0 Å². The fourth-order valence-electron chi connectivity index (χ4n) is 2.31. The molecule has 20 heavy (non-hydrogen) atoms. The molecule has 2 aromatic rings. The lowest BCUT2D eigenvalue weighted by atomic mass is 10.1. The first kappa shape index (κ1) is 13.5. The Bertz CT molecular complexity index is 623. The molecule has 5 nitrogen and oxygen atoms in total. The van der Waals surface area contributed by atoms with Crippen molar-refractivity contribution >= 4 is 34.8 Å². The van der Waals surface area contributed by atoms with Gasteiger partial charge in [-0.05, 0) is 36.6 Å². The van der Waals surface area contributed by atoms with E-state index in [9.17, 15) is 0 Å². The van der Waals surface area contributed by atoms with E-state index in [1.54, 1.807) is 12.1 Å². The maximum absolute atomic E-state index is 6.01. The van der Waals surface area contributed by atoms with E-state index in [1.807, 2.05) is 0 Å². The average molecular weight is 313 g/mol. The third-order valence-electron chi connectivity index (χ3n) is 3.38. The van der Waals surface area contributed by atoms with E-state index in [1.165, 1.54) is 6.42 Å². The topological polar surface area (TPSA) is 68.2 Å². The lowest BCUT2D eigenvalue weighted by Crippen LogP contribution is -2.30. The summed E-state index contributed by atoms with van der Waals surface area (Å²) < 4.78 is 5.29. The average Bonchev–Trinajstić information content (AvgIpc) is 2.93. The van der Waals surface area contributed by atoms with Crippen LogP contribution in [0.1, 0.15) is 19.3 Å². The molecule has 2 N–H and O–H groups in total. The first-order chi connectivity index (χ1) is 9.65. The highest BCUT2D eigenvalue weighted by molar-refractivity contribution is 6.37. The number of piperidine rings is 1. The van der Waals surface area contributed by atoms with Crippen LogP contribution < -0.4 is 10.6 Å². The molecule has 0 bridgehead atoms. The number of rotatable bonds is 2. The van der Waals surface area contributed by atoms with Crippen LogP contribution >= 0.6 is 23.2 Å². The maximum atomic E-state index is 6.01. The molecule has 0 aliphatic carbocycles. The van der Waals surface area contributed by atoms with Crippen LogP contribution in [0.5, 0.6) is 0 Å². The van der Waals surface area contributed by atoms with E-state index in [-0.39, 0.29) is 0 Å². The summed E-state index contributed by atoms with van der Waals surface area (Å²) >= 11 is 12.0. The molecule has 2 heterocycles. The number of benzene rings is 1. The number of anilines is 2. The summed E-state index contributed by atoms with van der Waals surface area (Å²) in [5.74, 6) is 0.933. The van der Waals surface area contributed by atoms with Crippen molar-refractivity contribution in [1.29, 1.82) is 0 Å². The molecule has 1 aromatic heterocycles. The zero-order valence-electron chi connectivity index (χ0n) is 10.8. The van der Waals surface area contributed by atoms with Gasteiger partial charge in [-0.2, -0.15) is 4.98 Å². The van der Waals surface area contributed by atoms with Crippen LogP contribution in [-0.4, -0.2) is 23.2 Å². The molecule has 1 aliphatic heterocycles. The number of nitrogens with zero attached hydrogens (tertiary/aromatic N) is 3. The van der Waals surface area contributed by atoms with Crippen LogP contribution in [0.2, 0.25) is 10.0 Å². The predicted octanol–water partition coefficient (Wildman–Crippen LogP) is 3.62. The first-order valence-corrected chi connectivity index (χ1v) is 7.24. The minimum Gasteiger partial charge on any atom is -0.397 e. The molecule has 0 atom stereocenters. The molecule has 1 aromatic carbocycles. The van der Waals surface area contributed by atoms with Gasteiger partial charge in [-0.3, -0.25) is 0 Å². The van der Waals surface area contributed by atoms with Crippen molar-refractivity contribution in [3.8, 4) is 11.5 Å². The van der Waals surface area contributed by atoms with Gasteiger partial charge in [0.1, 0.15) is 0 Å². The normalized spacial score (nSPS) is 15.6. The van der Waals surface area contributed by atoms with E-state index in [4.69, 9.17) is 33.5 Å². The quantitative estimate of drug-likeness (QED) is 0.858. The van der Waals surface area contributed by atoms with Gasteiger partial charge in [0.25, 0.3) is 11.8 Å². The summed E-state index contributed by atoms with van der Waals surface area (Å²) in [6.45, 7) is 1.90. The highest BCUT2D eigenvalue weighted by Gasteiger charge is 2.19. The molecule has 1 aliphatic rings. The van der Waals surface area contributed by atoms with Crippen LogP contribution in [0, 0.1) is 0 Å².